The van der Waals surface area contributed by atoms with Gasteiger partial charge in [0.1, 0.15) is 22.8 Å². The highest BCUT2D eigenvalue weighted by Crippen LogP contribution is 2.29. The largest absolute Gasteiger partial charge is 0.497 e. The second-order valence-corrected chi connectivity index (χ2v) is 7.10. The third-order valence-corrected chi connectivity index (χ3v) is 5.06. The van der Waals surface area contributed by atoms with E-state index in [-0.39, 0.29) is 22.6 Å². The second-order valence-electron chi connectivity index (χ2n) is 6.69. The van der Waals surface area contributed by atoms with Gasteiger partial charge in [-0.1, -0.05) is 11.6 Å². The molecule has 1 amide bonds. The molecule has 2 aromatic carbocycles. The Hall–Kier alpha value is -3.72. The number of methoxy groups -OCH3 is 2. The Labute approximate surface area is 186 Å². The van der Waals surface area contributed by atoms with Gasteiger partial charge in [0.05, 0.1) is 31.1 Å². The van der Waals surface area contributed by atoms with E-state index in [0.717, 1.165) is 4.52 Å². The van der Waals surface area contributed by atoms with E-state index in [9.17, 15) is 13.6 Å². The minimum atomic E-state index is -2.83. The van der Waals surface area contributed by atoms with Gasteiger partial charge in [0.25, 0.3) is 12.3 Å². The number of nitrogens with zero attached hydrogens (tertiary/aromatic N) is 3. The normalized spacial score (nSPS) is 11.1. The standard InChI is InChI=1S/C22H17ClF2N4O3/c1-31-14-6-3-12(4-7-14)17-10-18(20(24)25)29-21(28-17)15(11-26-29)22(30)27-13-5-8-19(32-2)16(23)9-13/h3-11,20H,1-2H3,(H,27,30). The van der Waals surface area contributed by atoms with E-state index in [0.29, 0.717) is 27.8 Å². The van der Waals surface area contributed by atoms with E-state index in [1.165, 1.54) is 32.5 Å². The lowest BCUT2D eigenvalue weighted by atomic mass is 10.1. The summed E-state index contributed by atoms with van der Waals surface area (Å²) in [6, 6.07) is 12.8. The molecule has 0 bridgehead atoms. The SMILES string of the molecule is COc1ccc(-c2cc(C(F)F)n3ncc(C(=O)Nc4ccc(OC)c(Cl)c4)c3n2)cc1. The molecule has 0 aliphatic heterocycles. The van der Waals surface area contributed by atoms with Gasteiger partial charge < -0.3 is 14.8 Å². The fraction of sp³-hybridized carbons (Fsp3) is 0.136. The second kappa shape index (κ2) is 8.80. The first-order valence-electron chi connectivity index (χ1n) is 9.37. The number of rotatable bonds is 6. The number of carbonyl (C=O) groups is 1. The zero-order valence-corrected chi connectivity index (χ0v) is 17.7. The molecule has 4 aromatic rings. The van der Waals surface area contributed by atoms with E-state index in [1.807, 2.05) is 0 Å². The summed E-state index contributed by atoms with van der Waals surface area (Å²) in [6.45, 7) is 0. The van der Waals surface area contributed by atoms with Gasteiger partial charge in [-0.15, -0.1) is 0 Å². The van der Waals surface area contributed by atoms with Crippen LogP contribution in [0, 0.1) is 0 Å². The number of aromatic nitrogens is 3. The van der Waals surface area contributed by atoms with Gasteiger partial charge in [-0.05, 0) is 48.5 Å². The molecule has 0 saturated heterocycles. The first kappa shape index (κ1) is 21.5. The maximum absolute atomic E-state index is 13.7. The molecule has 4 rings (SSSR count). The lowest BCUT2D eigenvalue weighted by Gasteiger charge is -2.10. The maximum atomic E-state index is 13.7. The number of benzene rings is 2. The van der Waals surface area contributed by atoms with Crippen molar-refractivity contribution in [3.8, 4) is 22.8 Å². The highest BCUT2D eigenvalue weighted by molar-refractivity contribution is 6.32. The van der Waals surface area contributed by atoms with Gasteiger partial charge >= 0.3 is 0 Å². The first-order valence-corrected chi connectivity index (χ1v) is 9.75. The van der Waals surface area contributed by atoms with Crippen LogP contribution in [0.4, 0.5) is 14.5 Å². The number of amides is 1. The summed E-state index contributed by atoms with van der Waals surface area (Å²) in [5, 5.41) is 6.94. The number of hydrogen-bond acceptors (Lipinski definition) is 5. The lowest BCUT2D eigenvalue weighted by molar-refractivity contribution is 0.102. The van der Waals surface area contributed by atoms with Crippen LogP contribution in [0.15, 0.2) is 54.7 Å². The minimum absolute atomic E-state index is 0.00530. The summed E-state index contributed by atoms with van der Waals surface area (Å²) in [4.78, 5) is 17.3. The first-order chi connectivity index (χ1) is 15.4. The number of carbonyl (C=O) groups excluding carboxylic acids is 1. The van der Waals surface area contributed by atoms with Crippen molar-refractivity contribution in [2.24, 2.45) is 0 Å². The molecule has 0 atom stereocenters. The third kappa shape index (κ3) is 4.06. The molecule has 0 unspecified atom stereocenters. The van der Waals surface area contributed by atoms with Crippen molar-refractivity contribution in [1.82, 2.24) is 14.6 Å². The van der Waals surface area contributed by atoms with Gasteiger partial charge in [0.2, 0.25) is 0 Å². The van der Waals surface area contributed by atoms with Crippen molar-refractivity contribution in [1.29, 1.82) is 0 Å². The van der Waals surface area contributed by atoms with Crippen LogP contribution in [0.5, 0.6) is 11.5 Å². The van der Waals surface area contributed by atoms with E-state index >= 15 is 0 Å². The van der Waals surface area contributed by atoms with Crippen LogP contribution in [0.2, 0.25) is 5.02 Å². The minimum Gasteiger partial charge on any atom is -0.497 e. The number of hydrogen-bond donors (Lipinski definition) is 1. The number of fused-ring (bicyclic) bond motifs is 1. The Kier molecular flexibility index (Phi) is 5.91. The molecule has 0 aliphatic rings. The molecule has 7 nitrogen and oxygen atoms in total. The van der Waals surface area contributed by atoms with Crippen LogP contribution in [0.1, 0.15) is 22.5 Å². The quantitative estimate of drug-likeness (QED) is 0.426. The summed E-state index contributed by atoms with van der Waals surface area (Å²) >= 11 is 6.10. The fourth-order valence-corrected chi connectivity index (χ4v) is 3.41. The van der Waals surface area contributed by atoms with Crippen LogP contribution in [-0.4, -0.2) is 34.7 Å². The van der Waals surface area contributed by atoms with Crippen LogP contribution in [0.25, 0.3) is 16.9 Å². The van der Waals surface area contributed by atoms with Crippen molar-refractivity contribution in [3.63, 3.8) is 0 Å². The van der Waals surface area contributed by atoms with Gasteiger partial charge in [0.15, 0.2) is 5.65 Å². The van der Waals surface area contributed by atoms with Gasteiger partial charge in [-0.25, -0.2) is 18.3 Å². The highest BCUT2D eigenvalue weighted by Gasteiger charge is 2.22. The van der Waals surface area contributed by atoms with Crippen molar-refractivity contribution in [2.45, 2.75) is 6.43 Å². The Bertz CT molecular complexity index is 1290. The summed E-state index contributed by atoms with van der Waals surface area (Å²) in [5.74, 6) is 0.500. The molecule has 164 valence electrons. The van der Waals surface area contributed by atoms with Gasteiger partial charge in [0, 0.05) is 11.3 Å². The number of ether oxygens (including phenoxy) is 2. The molecule has 32 heavy (non-hydrogen) atoms. The number of anilines is 1. The van der Waals surface area contributed by atoms with Crippen molar-refractivity contribution in [3.05, 3.63) is 71.0 Å². The Morgan fingerprint density at radius 1 is 1.09 bits per heavy atom. The maximum Gasteiger partial charge on any atom is 0.280 e. The molecular formula is C22H17ClF2N4O3. The average molecular weight is 459 g/mol. The van der Waals surface area contributed by atoms with Crippen molar-refractivity contribution >= 4 is 28.8 Å². The van der Waals surface area contributed by atoms with Gasteiger partial charge in [-0.3, -0.25) is 4.79 Å². The molecule has 2 heterocycles. The highest BCUT2D eigenvalue weighted by atomic mass is 35.5. The number of alkyl halides is 2. The zero-order chi connectivity index (χ0) is 22.8. The molecule has 0 fully saturated rings. The molecular weight excluding hydrogens is 442 g/mol. The van der Waals surface area contributed by atoms with E-state index in [2.05, 4.69) is 15.4 Å². The molecule has 0 saturated carbocycles. The summed E-state index contributed by atoms with van der Waals surface area (Å²) in [7, 11) is 3.01. The Morgan fingerprint density at radius 3 is 2.47 bits per heavy atom. The van der Waals surface area contributed by atoms with Crippen LogP contribution in [-0.2, 0) is 0 Å². The lowest BCUT2D eigenvalue weighted by Crippen LogP contribution is -2.13. The molecule has 1 N–H and O–H groups in total. The van der Waals surface area contributed by atoms with E-state index in [4.69, 9.17) is 21.1 Å². The molecule has 0 aliphatic carbocycles. The fourth-order valence-electron chi connectivity index (χ4n) is 3.15. The Morgan fingerprint density at radius 2 is 1.84 bits per heavy atom. The van der Waals surface area contributed by atoms with E-state index in [1.54, 1.807) is 36.4 Å². The molecule has 10 heteroatoms. The molecule has 2 aromatic heterocycles. The summed E-state index contributed by atoms with van der Waals surface area (Å²) < 4.78 is 38.7. The van der Waals surface area contributed by atoms with Crippen molar-refractivity contribution in [2.75, 3.05) is 19.5 Å². The predicted molar refractivity (Wildman–Crippen MR) is 116 cm³/mol. The average Bonchev–Trinajstić information content (AvgIpc) is 3.22. The monoisotopic (exact) mass is 458 g/mol. The third-order valence-electron chi connectivity index (χ3n) is 4.76. The summed E-state index contributed by atoms with van der Waals surface area (Å²) in [6.07, 6.45) is -1.62. The number of nitrogens with one attached hydrogen (secondary N) is 1. The smallest absolute Gasteiger partial charge is 0.280 e. The predicted octanol–water partition coefficient (Wildman–Crippen LogP) is 5.26. The molecule has 0 spiro atoms. The number of halogens is 3. The van der Waals surface area contributed by atoms with E-state index < -0.39 is 12.3 Å². The summed E-state index contributed by atoms with van der Waals surface area (Å²) in [5.41, 5.74) is 0.926. The van der Waals surface area contributed by atoms with Crippen LogP contribution in [0.3, 0.4) is 0 Å². The Balaban J connectivity index is 1.75. The van der Waals surface area contributed by atoms with Crippen LogP contribution >= 0.6 is 11.6 Å². The van der Waals surface area contributed by atoms with Crippen molar-refractivity contribution < 1.29 is 23.0 Å². The topological polar surface area (TPSA) is 77.8 Å². The van der Waals surface area contributed by atoms with Gasteiger partial charge in [-0.2, -0.15) is 5.10 Å². The zero-order valence-electron chi connectivity index (χ0n) is 17.0. The molecule has 0 radical (unpaired) electrons. The van der Waals surface area contributed by atoms with Crippen LogP contribution < -0.4 is 14.8 Å².